The Morgan fingerprint density at radius 2 is 1.64 bits per heavy atom. The van der Waals surface area contributed by atoms with E-state index in [-0.39, 0.29) is 12.5 Å². The first kappa shape index (κ1) is 21.1. The van der Waals surface area contributed by atoms with Crippen molar-refractivity contribution in [2.75, 3.05) is 0 Å². The first-order chi connectivity index (χ1) is 10.7. The standard InChI is InChI=1S/C18H34O4/c1-2-3-4-5-8-11-14-17(22-21)15-12-9-6-7-10-13-16-18(19)20/h11,14,17,21H,2-10,12-13,15-16H2,1H3,(H,19,20). The van der Waals surface area contributed by atoms with E-state index in [1.54, 1.807) is 0 Å². The summed E-state index contributed by atoms with van der Waals surface area (Å²) in [6.07, 6.45) is 17.2. The summed E-state index contributed by atoms with van der Waals surface area (Å²) < 4.78 is 0. The second kappa shape index (κ2) is 16.5. The first-order valence-corrected chi connectivity index (χ1v) is 8.89. The Kier molecular flexibility index (Phi) is 15.8. The van der Waals surface area contributed by atoms with Gasteiger partial charge in [0.2, 0.25) is 0 Å². The molecule has 1 unspecified atom stereocenters. The lowest BCUT2D eigenvalue weighted by Crippen LogP contribution is -2.06. The molecule has 0 saturated heterocycles. The minimum absolute atomic E-state index is 0.182. The molecule has 0 amide bonds. The molecule has 22 heavy (non-hydrogen) atoms. The van der Waals surface area contributed by atoms with E-state index < -0.39 is 5.97 Å². The molecule has 4 heteroatoms. The fourth-order valence-electron chi connectivity index (χ4n) is 2.45. The van der Waals surface area contributed by atoms with Crippen LogP contribution in [0.25, 0.3) is 0 Å². The average molecular weight is 314 g/mol. The third-order valence-corrected chi connectivity index (χ3v) is 3.84. The van der Waals surface area contributed by atoms with Gasteiger partial charge in [-0.1, -0.05) is 70.4 Å². The van der Waals surface area contributed by atoms with Crippen molar-refractivity contribution in [1.29, 1.82) is 0 Å². The zero-order valence-electron chi connectivity index (χ0n) is 14.1. The molecule has 0 aromatic carbocycles. The lowest BCUT2D eigenvalue weighted by atomic mass is 10.1. The summed E-state index contributed by atoms with van der Waals surface area (Å²) in [7, 11) is 0. The molecule has 0 aromatic rings. The number of carbonyl (C=O) groups is 1. The summed E-state index contributed by atoms with van der Waals surface area (Å²) in [5.74, 6) is -0.704. The van der Waals surface area contributed by atoms with Crippen LogP contribution in [-0.4, -0.2) is 22.4 Å². The molecule has 2 N–H and O–H groups in total. The predicted molar refractivity (Wildman–Crippen MR) is 90.0 cm³/mol. The van der Waals surface area contributed by atoms with Gasteiger partial charge in [0.15, 0.2) is 0 Å². The number of hydrogen-bond acceptors (Lipinski definition) is 3. The van der Waals surface area contributed by atoms with Crippen molar-refractivity contribution in [1.82, 2.24) is 0 Å². The van der Waals surface area contributed by atoms with Crippen LogP contribution in [0.4, 0.5) is 0 Å². The fraction of sp³-hybridized carbons (Fsp3) is 0.833. The van der Waals surface area contributed by atoms with Crippen molar-refractivity contribution in [3.05, 3.63) is 12.2 Å². The zero-order chi connectivity index (χ0) is 16.5. The maximum Gasteiger partial charge on any atom is 0.303 e. The van der Waals surface area contributed by atoms with Gasteiger partial charge in [-0.3, -0.25) is 10.1 Å². The molecule has 0 spiro atoms. The summed E-state index contributed by atoms with van der Waals surface area (Å²) in [5, 5.41) is 17.4. The Bertz CT molecular complexity index is 276. The molecule has 0 heterocycles. The van der Waals surface area contributed by atoms with E-state index in [1.807, 2.05) is 6.08 Å². The van der Waals surface area contributed by atoms with Gasteiger partial charge in [0.05, 0.1) is 0 Å². The Morgan fingerprint density at radius 3 is 2.27 bits per heavy atom. The highest BCUT2D eigenvalue weighted by atomic mass is 17.1. The maximum absolute atomic E-state index is 10.4. The molecule has 0 radical (unpaired) electrons. The van der Waals surface area contributed by atoms with Crippen molar-refractivity contribution in [3.63, 3.8) is 0 Å². The van der Waals surface area contributed by atoms with Gasteiger partial charge in [-0.25, -0.2) is 4.89 Å². The quantitative estimate of drug-likeness (QED) is 0.169. The van der Waals surface area contributed by atoms with E-state index in [0.29, 0.717) is 0 Å². The monoisotopic (exact) mass is 314 g/mol. The van der Waals surface area contributed by atoms with Crippen molar-refractivity contribution in [3.8, 4) is 0 Å². The number of rotatable bonds is 16. The summed E-state index contributed by atoms with van der Waals surface area (Å²) in [6, 6.07) is 0. The van der Waals surface area contributed by atoms with Gasteiger partial charge < -0.3 is 5.11 Å². The lowest BCUT2D eigenvalue weighted by molar-refractivity contribution is -0.267. The Balaban J connectivity index is 3.45. The molecule has 0 rings (SSSR count). The second-order valence-electron chi connectivity index (χ2n) is 5.98. The van der Waals surface area contributed by atoms with Crippen LogP contribution in [0.15, 0.2) is 12.2 Å². The largest absolute Gasteiger partial charge is 0.481 e. The van der Waals surface area contributed by atoms with Gasteiger partial charge in [0, 0.05) is 6.42 Å². The second-order valence-corrected chi connectivity index (χ2v) is 5.98. The third kappa shape index (κ3) is 15.5. The van der Waals surface area contributed by atoms with Gasteiger partial charge in [-0.2, -0.15) is 0 Å². The van der Waals surface area contributed by atoms with Crippen LogP contribution in [-0.2, 0) is 9.68 Å². The highest BCUT2D eigenvalue weighted by molar-refractivity contribution is 5.66. The highest BCUT2D eigenvalue weighted by Crippen LogP contribution is 2.12. The van der Waals surface area contributed by atoms with Crippen molar-refractivity contribution in [2.24, 2.45) is 0 Å². The van der Waals surface area contributed by atoms with E-state index in [1.165, 1.54) is 25.7 Å². The minimum atomic E-state index is -0.704. The maximum atomic E-state index is 10.4. The third-order valence-electron chi connectivity index (χ3n) is 3.84. The molecule has 0 aromatic heterocycles. The van der Waals surface area contributed by atoms with Crippen LogP contribution in [0.3, 0.4) is 0 Å². The smallest absolute Gasteiger partial charge is 0.303 e. The number of carboxylic acids is 1. The SMILES string of the molecule is CCCCCCC=CC(CCCCCCCCC(=O)O)OO. The van der Waals surface area contributed by atoms with Crippen molar-refractivity contribution < 1.29 is 20.0 Å². The summed E-state index contributed by atoms with van der Waals surface area (Å²) >= 11 is 0. The van der Waals surface area contributed by atoms with Crippen LogP contribution >= 0.6 is 0 Å². The molecule has 130 valence electrons. The van der Waals surface area contributed by atoms with Crippen molar-refractivity contribution >= 4 is 5.97 Å². The van der Waals surface area contributed by atoms with Crippen LogP contribution in [0, 0.1) is 0 Å². The van der Waals surface area contributed by atoms with Crippen LogP contribution < -0.4 is 0 Å². The molecule has 0 saturated carbocycles. The average Bonchev–Trinajstić information content (AvgIpc) is 2.50. The molecule has 4 nitrogen and oxygen atoms in total. The zero-order valence-corrected chi connectivity index (χ0v) is 14.1. The summed E-state index contributed by atoms with van der Waals surface area (Å²) in [6.45, 7) is 2.21. The number of aliphatic carboxylic acids is 1. The van der Waals surface area contributed by atoms with Gasteiger partial charge >= 0.3 is 5.97 Å². The van der Waals surface area contributed by atoms with Crippen LogP contribution in [0.2, 0.25) is 0 Å². The molecule has 0 bridgehead atoms. The molecular weight excluding hydrogens is 280 g/mol. The Hall–Kier alpha value is -0.870. The number of unbranched alkanes of at least 4 members (excludes halogenated alkanes) is 9. The summed E-state index contributed by atoms with van der Waals surface area (Å²) in [5.41, 5.74) is 0. The number of hydrogen-bond donors (Lipinski definition) is 2. The van der Waals surface area contributed by atoms with E-state index in [0.717, 1.165) is 51.4 Å². The first-order valence-electron chi connectivity index (χ1n) is 8.89. The van der Waals surface area contributed by atoms with Crippen LogP contribution in [0.5, 0.6) is 0 Å². The van der Waals surface area contributed by atoms with Crippen molar-refractivity contribution in [2.45, 2.75) is 96.5 Å². The molecular formula is C18H34O4. The van der Waals surface area contributed by atoms with E-state index in [9.17, 15) is 4.79 Å². The van der Waals surface area contributed by atoms with Gasteiger partial charge in [0.1, 0.15) is 6.10 Å². The highest BCUT2D eigenvalue weighted by Gasteiger charge is 2.04. The molecule has 1 atom stereocenters. The predicted octanol–water partition coefficient (Wildman–Crippen LogP) is 5.58. The fourth-order valence-corrected chi connectivity index (χ4v) is 2.45. The van der Waals surface area contributed by atoms with E-state index >= 15 is 0 Å². The van der Waals surface area contributed by atoms with Gasteiger partial charge in [-0.15, -0.1) is 0 Å². The van der Waals surface area contributed by atoms with E-state index in [2.05, 4.69) is 17.9 Å². The lowest BCUT2D eigenvalue weighted by Gasteiger charge is -2.08. The Morgan fingerprint density at radius 1 is 1.00 bits per heavy atom. The van der Waals surface area contributed by atoms with Gasteiger partial charge in [0.25, 0.3) is 0 Å². The van der Waals surface area contributed by atoms with Crippen LogP contribution in [0.1, 0.15) is 90.4 Å². The molecule has 0 aliphatic heterocycles. The topological polar surface area (TPSA) is 66.8 Å². The number of allylic oxidation sites excluding steroid dienone is 1. The molecule has 0 fully saturated rings. The number of carboxylic acid groups (broad SMARTS) is 1. The molecule has 0 aliphatic carbocycles. The molecule has 0 aliphatic rings. The summed E-state index contributed by atoms with van der Waals surface area (Å²) in [4.78, 5) is 14.9. The minimum Gasteiger partial charge on any atom is -0.481 e. The Labute approximate surface area is 135 Å². The van der Waals surface area contributed by atoms with Gasteiger partial charge in [-0.05, 0) is 25.7 Å². The van der Waals surface area contributed by atoms with E-state index in [4.69, 9.17) is 10.4 Å². The normalized spacial score (nSPS) is 12.8.